The molecule has 0 bridgehead atoms. The van der Waals surface area contributed by atoms with E-state index < -0.39 is 5.97 Å². The van der Waals surface area contributed by atoms with Crippen molar-refractivity contribution in [3.8, 4) is 5.69 Å². The molecule has 4 nitrogen and oxygen atoms in total. The Hall–Kier alpha value is -2.17. The minimum atomic E-state index is -0.995. The number of carboxylic acids is 1. The second kappa shape index (κ2) is 5.31. The molecule has 0 saturated carbocycles. The van der Waals surface area contributed by atoms with Crippen LogP contribution in [0.2, 0.25) is 0 Å². The Labute approximate surface area is 122 Å². The summed E-state index contributed by atoms with van der Waals surface area (Å²) in [7, 11) is 0. The maximum absolute atomic E-state index is 13.4. The summed E-state index contributed by atoms with van der Waals surface area (Å²) in [6, 6.07) is 4.75. The SMILES string of the molecule is Cc1cc(-n2nc(C(=O)O)c3c2CCCCC3)ccc1F. The van der Waals surface area contributed by atoms with E-state index in [0.717, 1.165) is 49.0 Å². The molecule has 0 unspecified atom stereocenters. The van der Waals surface area contributed by atoms with Crippen LogP contribution in [0.15, 0.2) is 18.2 Å². The van der Waals surface area contributed by atoms with E-state index in [2.05, 4.69) is 5.10 Å². The number of nitrogens with zero attached hydrogens (tertiary/aromatic N) is 2. The molecule has 0 atom stereocenters. The van der Waals surface area contributed by atoms with Crippen molar-refractivity contribution in [1.29, 1.82) is 0 Å². The van der Waals surface area contributed by atoms with Gasteiger partial charge in [-0.15, -0.1) is 0 Å². The summed E-state index contributed by atoms with van der Waals surface area (Å²) < 4.78 is 15.1. The molecule has 0 radical (unpaired) electrons. The van der Waals surface area contributed by atoms with Gasteiger partial charge in [-0.25, -0.2) is 13.9 Å². The van der Waals surface area contributed by atoms with Crippen molar-refractivity contribution in [1.82, 2.24) is 9.78 Å². The summed E-state index contributed by atoms with van der Waals surface area (Å²) in [4.78, 5) is 11.4. The molecule has 1 aliphatic carbocycles. The standard InChI is InChI=1S/C16H17FN2O2/c1-10-9-11(7-8-13(10)17)19-14-6-4-2-3-5-12(14)15(18-19)16(20)21/h7-9H,2-6H2,1H3,(H,20,21). The van der Waals surface area contributed by atoms with Gasteiger partial charge in [0, 0.05) is 11.3 Å². The molecule has 0 amide bonds. The Morgan fingerprint density at radius 2 is 2.05 bits per heavy atom. The van der Waals surface area contributed by atoms with E-state index in [-0.39, 0.29) is 11.5 Å². The van der Waals surface area contributed by atoms with E-state index in [0.29, 0.717) is 5.56 Å². The number of aryl methyl sites for hydroxylation is 1. The van der Waals surface area contributed by atoms with Crippen molar-refractivity contribution in [3.05, 3.63) is 46.5 Å². The van der Waals surface area contributed by atoms with Crippen molar-refractivity contribution >= 4 is 5.97 Å². The zero-order valence-electron chi connectivity index (χ0n) is 11.9. The normalized spacial score (nSPS) is 14.6. The smallest absolute Gasteiger partial charge is 0.356 e. The largest absolute Gasteiger partial charge is 0.476 e. The Morgan fingerprint density at radius 3 is 2.76 bits per heavy atom. The van der Waals surface area contributed by atoms with Crippen LogP contribution in [0, 0.1) is 12.7 Å². The molecule has 0 fully saturated rings. The van der Waals surface area contributed by atoms with E-state index in [4.69, 9.17) is 0 Å². The molecule has 1 aromatic carbocycles. The second-order valence-corrected chi connectivity index (χ2v) is 5.48. The lowest BCUT2D eigenvalue weighted by Crippen LogP contribution is -2.04. The monoisotopic (exact) mass is 288 g/mol. The molecule has 3 rings (SSSR count). The highest BCUT2D eigenvalue weighted by Crippen LogP contribution is 2.27. The van der Waals surface area contributed by atoms with Crippen LogP contribution in [0.1, 0.15) is 46.6 Å². The highest BCUT2D eigenvalue weighted by molar-refractivity contribution is 5.87. The number of fused-ring (bicyclic) bond motifs is 1. The van der Waals surface area contributed by atoms with Gasteiger partial charge in [0.2, 0.25) is 0 Å². The summed E-state index contributed by atoms with van der Waals surface area (Å²) in [5.74, 6) is -1.26. The molecule has 5 heteroatoms. The minimum absolute atomic E-state index is 0.133. The fourth-order valence-corrected chi connectivity index (χ4v) is 2.92. The predicted molar refractivity (Wildman–Crippen MR) is 76.5 cm³/mol. The molecule has 110 valence electrons. The van der Waals surface area contributed by atoms with E-state index in [9.17, 15) is 14.3 Å². The van der Waals surface area contributed by atoms with Crippen LogP contribution >= 0.6 is 0 Å². The van der Waals surface area contributed by atoms with Crippen molar-refractivity contribution in [2.45, 2.75) is 39.0 Å². The molecule has 21 heavy (non-hydrogen) atoms. The molecule has 2 aromatic rings. The van der Waals surface area contributed by atoms with Crippen LogP contribution in [-0.4, -0.2) is 20.9 Å². The third-order valence-corrected chi connectivity index (χ3v) is 4.02. The van der Waals surface area contributed by atoms with Crippen LogP contribution < -0.4 is 0 Å². The fraction of sp³-hybridized carbons (Fsp3) is 0.375. The Balaban J connectivity index is 2.17. The van der Waals surface area contributed by atoms with E-state index in [1.54, 1.807) is 23.7 Å². The van der Waals surface area contributed by atoms with Gasteiger partial charge < -0.3 is 5.11 Å². The molecule has 1 aromatic heterocycles. The van der Waals surface area contributed by atoms with Gasteiger partial charge in [-0.3, -0.25) is 0 Å². The molecule has 0 spiro atoms. The van der Waals surface area contributed by atoms with Crippen molar-refractivity contribution in [2.75, 3.05) is 0 Å². The molecule has 1 N–H and O–H groups in total. The zero-order valence-corrected chi connectivity index (χ0v) is 11.9. The molecular formula is C16H17FN2O2. The van der Waals surface area contributed by atoms with Crippen molar-refractivity contribution in [3.63, 3.8) is 0 Å². The fourth-order valence-electron chi connectivity index (χ4n) is 2.92. The van der Waals surface area contributed by atoms with Gasteiger partial charge in [-0.1, -0.05) is 6.42 Å². The molecule has 1 aliphatic rings. The molecule has 1 heterocycles. The lowest BCUT2D eigenvalue weighted by molar-refractivity contribution is 0.0688. The van der Waals surface area contributed by atoms with Crippen LogP contribution in [0.3, 0.4) is 0 Å². The highest BCUT2D eigenvalue weighted by atomic mass is 19.1. The van der Waals surface area contributed by atoms with Crippen LogP contribution in [0.4, 0.5) is 4.39 Å². The summed E-state index contributed by atoms with van der Waals surface area (Å²) in [6.07, 6.45) is 4.67. The second-order valence-electron chi connectivity index (χ2n) is 5.48. The van der Waals surface area contributed by atoms with Crippen LogP contribution in [0.5, 0.6) is 0 Å². The highest BCUT2D eigenvalue weighted by Gasteiger charge is 2.24. The van der Waals surface area contributed by atoms with Crippen LogP contribution in [0.25, 0.3) is 5.69 Å². The lowest BCUT2D eigenvalue weighted by atomic mass is 10.1. The number of hydrogen-bond acceptors (Lipinski definition) is 2. The number of carboxylic acid groups (broad SMARTS) is 1. The summed E-state index contributed by atoms with van der Waals surface area (Å²) >= 11 is 0. The topological polar surface area (TPSA) is 55.1 Å². The number of aromatic carboxylic acids is 1. The van der Waals surface area contributed by atoms with Crippen molar-refractivity contribution in [2.24, 2.45) is 0 Å². The van der Waals surface area contributed by atoms with Gasteiger partial charge in [-0.05, 0) is 56.4 Å². The van der Waals surface area contributed by atoms with Gasteiger partial charge in [0.25, 0.3) is 0 Å². The first-order valence-corrected chi connectivity index (χ1v) is 7.18. The summed E-state index contributed by atoms with van der Waals surface area (Å²) in [5.41, 5.74) is 3.17. The Kier molecular flexibility index (Phi) is 3.49. The average Bonchev–Trinajstić information content (AvgIpc) is 2.65. The zero-order chi connectivity index (χ0) is 15.0. The van der Waals surface area contributed by atoms with E-state index in [1.165, 1.54) is 6.07 Å². The first-order chi connectivity index (χ1) is 10.1. The van der Waals surface area contributed by atoms with Crippen LogP contribution in [-0.2, 0) is 12.8 Å². The van der Waals surface area contributed by atoms with E-state index in [1.807, 2.05) is 0 Å². The average molecular weight is 288 g/mol. The van der Waals surface area contributed by atoms with Gasteiger partial charge in [0.05, 0.1) is 5.69 Å². The van der Waals surface area contributed by atoms with Gasteiger partial charge in [-0.2, -0.15) is 5.10 Å². The third-order valence-electron chi connectivity index (χ3n) is 4.02. The first kappa shape index (κ1) is 13.8. The van der Waals surface area contributed by atoms with Gasteiger partial charge >= 0.3 is 5.97 Å². The Morgan fingerprint density at radius 1 is 1.29 bits per heavy atom. The number of aromatic nitrogens is 2. The number of benzene rings is 1. The maximum atomic E-state index is 13.4. The van der Waals surface area contributed by atoms with Gasteiger partial charge in [0.15, 0.2) is 5.69 Å². The minimum Gasteiger partial charge on any atom is -0.476 e. The van der Waals surface area contributed by atoms with Crippen molar-refractivity contribution < 1.29 is 14.3 Å². The number of hydrogen-bond donors (Lipinski definition) is 1. The quantitative estimate of drug-likeness (QED) is 0.863. The summed E-state index contributed by atoms with van der Waals surface area (Å²) in [6.45, 7) is 1.69. The predicted octanol–water partition coefficient (Wildman–Crippen LogP) is 3.29. The molecule has 0 saturated heterocycles. The number of rotatable bonds is 2. The first-order valence-electron chi connectivity index (χ1n) is 7.18. The maximum Gasteiger partial charge on any atom is 0.356 e. The van der Waals surface area contributed by atoms with Gasteiger partial charge in [0.1, 0.15) is 5.82 Å². The lowest BCUT2D eigenvalue weighted by Gasteiger charge is -2.08. The Bertz CT molecular complexity index is 707. The molecule has 0 aliphatic heterocycles. The summed E-state index contributed by atoms with van der Waals surface area (Å²) in [5, 5.41) is 13.6. The van der Waals surface area contributed by atoms with E-state index >= 15 is 0 Å². The number of halogens is 1. The third kappa shape index (κ3) is 2.44. The molecular weight excluding hydrogens is 271 g/mol. The number of carbonyl (C=O) groups is 1.